The number of hydrogen-bond donors (Lipinski definition) is 2. The summed E-state index contributed by atoms with van der Waals surface area (Å²) in [6.45, 7) is 3.36. The third-order valence-corrected chi connectivity index (χ3v) is 2.23. The van der Waals surface area contributed by atoms with Gasteiger partial charge >= 0.3 is 0 Å². The lowest BCUT2D eigenvalue weighted by atomic mass is 10.4. The number of nitrogens with one attached hydrogen (secondary N) is 2. The van der Waals surface area contributed by atoms with Crippen LogP contribution in [0.2, 0.25) is 0 Å². The van der Waals surface area contributed by atoms with Gasteiger partial charge in [0.1, 0.15) is 5.39 Å². The molecule has 0 saturated heterocycles. The number of anilines is 1. The van der Waals surface area contributed by atoms with Crippen molar-refractivity contribution in [3.8, 4) is 0 Å². The van der Waals surface area contributed by atoms with Gasteiger partial charge in [-0.1, -0.05) is 6.08 Å². The van der Waals surface area contributed by atoms with Crippen LogP contribution in [-0.4, -0.2) is 32.7 Å². The van der Waals surface area contributed by atoms with E-state index in [2.05, 4.69) is 27.0 Å². The van der Waals surface area contributed by atoms with Crippen LogP contribution in [0.4, 0.5) is 14.7 Å². The quantitative estimate of drug-likeness (QED) is 0.781. The molecule has 2 N–H and O–H groups in total. The molecule has 0 spiro atoms. The fraction of sp³-hybridized carbons (Fsp3) is 0.300. The Morgan fingerprint density at radius 1 is 1.61 bits per heavy atom. The molecule has 0 unspecified atom stereocenters. The van der Waals surface area contributed by atoms with Gasteiger partial charge in [-0.3, -0.25) is 9.78 Å². The maximum absolute atomic E-state index is 12.1. The van der Waals surface area contributed by atoms with Crippen molar-refractivity contribution >= 4 is 17.0 Å². The minimum atomic E-state index is -2.52. The lowest BCUT2D eigenvalue weighted by Gasteiger charge is -2.05. The van der Waals surface area contributed by atoms with Gasteiger partial charge in [0.2, 0.25) is 5.95 Å². The molecule has 2 aromatic rings. The molecule has 0 fully saturated rings. The second-order valence-corrected chi connectivity index (χ2v) is 3.54. The first kappa shape index (κ1) is 12.2. The average Bonchev–Trinajstić information content (AvgIpc) is 2.71. The van der Waals surface area contributed by atoms with Gasteiger partial charge in [0, 0.05) is 0 Å². The zero-order chi connectivity index (χ0) is 13.1. The Morgan fingerprint density at radius 3 is 3.06 bits per heavy atom. The van der Waals surface area contributed by atoms with Gasteiger partial charge < -0.3 is 5.32 Å². The number of alkyl halides is 2. The van der Waals surface area contributed by atoms with E-state index in [0.29, 0.717) is 17.6 Å². The van der Waals surface area contributed by atoms with Crippen molar-refractivity contribution in [2.24, 2.45) is 0 Å². The van der Waals surface area contributed by atoms with Crippen LogP contribution in [0.15, 0.2) is 23.6 Å². The number of aromatic amines is 1. The summed E-state index contributed by atoms with van der Waals surface area (Å²) in [5, 5.41) is 6.63. The highest BCUT2D eigenvalue weighted by molar-refractivity contribution is 5.74. The van der Waals surface area contributed by atoms with E-state index in [-0.39, 0.29) is 5.95 Å². The zero-order valence-corrected chi connectivity index (χ0v) is 9.36. The number of H-pyrrole nitrogens is 1. The summed E-state index contributed by atoms with van der Waals surface area (Å²) in [7, 11) is 0. The highest BCUT2D eigenvalue weighted by atomic mass is 19.3. The van der Waals surface area contributed by atoms with E-state index in [1.54, 1.807) is 6.08 Å². The first-order chi connectivity index (χ1) is 8.61. The van der Waals surface area contributed by atoms with Gasteiger partial charge in [0.25, 0.3) is 12.0 Å². The van der Waals surface area contributed by atoms with Crippen molar-refractivity contribution in [2.75, 3.05) is 11.9 Å². The summed E-state index contributed by atoms with van der Waals surface area (Å²) < 4.78 is 25.6. The molecular formula is C10H11F2N5O. The van der Waals surface area contributed by atoms with Gasteiger partial charge in [0.05, 0.1) is 19.3 Å². The molecule has 0 aliphatic rings. The van der Waals surface area contributed by atoms with E-state index in [9.17, 15) is 13.6 Å². The summed E-state index contributed by atoms with van der Waals surface area (Å²) in [6, 6.07) is 0. The fourth-order valence-corrected chi connectivity index (χ4v) is 1.48. The Kier molecular flexibility index (Phi) is 3.35. The van der Waals surface area contributed by atoms with E-state index < -0.39 is 18.5 Å². The summed E-state index contributed by atoms with van der Waals surface area (Å²) in [4.78, 5) is 18.1. The molecule has 0 bridgehead atoms. The monoisotopic (exact) mass is 255 g/mol. The lowest BCUT2D eigenvalue weighted by Crippen LogP contribution is -2.17. The molecule has 0 aromatic carbocycles. The normalized spacial score (nSPS) is 11.1. The summed E-state index contributed by atoms with van der Waals surface area (Å²) in [5.41, 5.74) is -0.0949. The second-order valence-electron chi connectivity index (χ2n) is 3.54. The molecule has 0 atom stereocenters. The van der Waals surface area contributed by atoms with Gasteiger partial charge in [-0.05, 0) is 0 Å². The summed E-state index contributed by atoms with van der Waals surface area (Å²) >= 11 is 0. The third-order valence-electron chi connectivity index (χ3n) is 2.23. The number of rotatable bonds is 5. The Balaban J connectivity index is 2.41. The van der Waals surface area contributed by atoms with E-state index in [1.807, 2.05) is 0 Å². The van der Waals surface area contributed by atoms with Crippen LogP contribution in [0.3, 0.4) is 0 Å². The number of aromatic nitrogens is 4. The maximum atomic E-state index is 12.1. The molecule has 0 saturated carbocycles. The minimum absolute atomic E-state index is 0.00128. The van der Waals surface area contributed by atoms with Crippen LogP contribution in [0, 0.1) is 0 Å². The Labute approximate surface area is 100 Å². The van der Waals surface area contributed by atoms with E-state index in [0.717, 1.165) is 0 Å². The predicted molar refractivity (Wildman–Crippen MR) is 62.8 cm³/mol. The van der Waals surface area contributed by atoms with Gasteiger partial charge in [0.15, 0.2) is 5.65 Å². The molecule has 18 heavy (non-hydrogen) atoms. The van der Waals surface area contributed by atoms with Crippen molar-refractivity contribution in [3.05, 3.63) is 29.2 Å². The van der Waals surface area contributed by atoms with Gasteiger partial charge in [-0.15, -0.1) is 6.58 Å². The Hall–Kier alpha value is -2.25. The fourth-order valence-electron chi connectivity index (χ4n) is 1.48. The third kappa shape index (κ3) is 2.36. The molecule has 0 radical (unpaired) electrons. The van der Waals surface area contributed by atoms with Crippen molar-refractivity contribution in [1.82, 2.24) is 19.7 Å². The van der Waals surface area contributed by atoms with Gasteiger partial charge in [-0.25, -0.2) is 13.5 Å². The largest absolute Gasteiger partial charge is 0.350 e. The SMILES string of the molecule is C=CCn1ncc2c(=O)[nH]c(NCC(F)F)nc21. The van der Waals surface area contributed by atoms with Crippen LogP contribution in [0.25, 0.3) is 11.0 Å². The number of halogens is 2. The van der Waals surface area contributed by atoms with Crippen LogP contribution in [0.5, 0.6) is 0 Å². The van der Waals surface area contributed by atoms with E-state index >= 15 is 0 Å². The molecule has 2 rings (SSSR count). The molecule has 2 heterocycles. The van der Waals surface area contributed by atoms with Crippen LogP contribution in [-0.2, 0) is 6.54 Å². The minimum Gasteiger partial charge on any atom is -0.350 e. The first-order valence-corrected chi connectivity index (χ1v) is 5.20. The Morgan fingerprint density at radius 2 is 2.39 bits per heavy atom. The molecule has 6 nitrogen and oxygen atoms in total. The van der Waals surface area contributed by atoms with Gasteiger partial charge in [-0.2, -0.15) is 10.1 Å². The highest BCUT2D eigenvalue weighted by Gasteiger charge is 2.10. The number of hydrogen-bond acceptors (Lipinski definition) is 4. The Bertz CT molecular complexity index is 618. The smallest absolute Gasteiger partial charge is 0.263 e. The van der Waals surface area contributed by atoms with E-state index in [4.69, 9.17) is 0 Å². The molecule has 0 aliphatic heterocycles. The average molecular weight is 255 g/mol. The second kappa shape index (κ2) is 4.94. The summed E-state index contributed by atoms with van der Waals surface area (Å²) in [5.74, 6) is -0.00128. The molecule has 0 amide bonds. The van der Waals surface area contributed by atoms with Crippen LogP contribution < -0.4 is 10.9 Å². The molecule has 0 aliphatic carbocycles. The number of nitrogens with zero attached hydrogens (tertiary/aromatic N) is 3. The lowest BCUT2D eigenvalue weighted by molar-refractivity contribution is 0.163. The summed E-state index contributed by atoms with van der Waals surface area (Å²) in [6.07, 6.45) is 0.451. The van der Waals surface area contributed by atoms with Crippen molar-refractivity contribution in [3.63, 3.8) is 0 Å². The van der Waals surface area contributed by atoms with Crippen LogP contribution >= 0.6 is 0 Å². The number of allylic oxidation sites excluding steroid dienone is 1. The van der Waals surface area contributed by atoms with E-state index in [1.165, 1.54) is 10.9 Å². The van der Waals surface area contributed by atoms with Crippen LogP contribution in [0.1, 0.15) is 0 Å². The zero-order valence-electron chi connectivity index (χ0n) is 9.36. The topological polar surface area (TPSA) is 75.6 Å². The molecular weight excluding hydrogens is 244 g/mol. The van der Waals surface area contributed by atoms with Crippen molar-refractivity contribution in [2.45, 2.75) is 13.0 Å². The highest BCUT2D eigenvalue weighted by Crippen LogP contribution is 2.08. The van der Waals surface area contributed by atoms with Crippen molar-refractivity contribution < 1.29 is 8.78 Å². The standard InChI is InChI=1S/C10H11F2N5O/c1-2-3-17-8-6(4-14-17)9(18)16-10(15-8)13-5-7(11)12/h2,4,7H,1,3,5H2,(H2,13,15,16,18). The maximum Gasteiger partial charge on any atom is 0.263 e. The molecule has 8 heteroatoms. The number of fused-ring (bicyclic) bond motifs is 1. The molecule has 96 valence electrons. The first-order valence-electron chi connectivity index (χ1n) is 5.20. The van der Waals surface area contributed by atoms with Crippen molar-refractivity contribution in [1.29, 1.82) is 0 Å². The predicted octanol–water partition coefficient (Wildman–Crippen LogP) is 0.983. The molecule has 2 aromatic heterocycles.